The molecule has 0 unspecified atom stereocenters. The van der Waals surface area contributed by atoms with Crippen LogP contribution < -0.4 is 0 Å². The van der Waals surface area contributed by atoms with E-state index >= 15 is 0 Å². The standard InChI is InChI=1S/C17H27FN2O/c1-4-19(5-2)11-8-12-20(6-3)14-17(21)15-9-7-10-16(18)13-15/h7,9-10,13H,4-6,8,11-12,14H2,1-3H3. The summed E-state index contributed by atoms with van der Waals surface area (Å²) in [6, 6.07) is 5.93. The van der Waals surface area contributed by atoms with Crippen molar-refractivity contribution in [2.75, 3.05) is 39.3 Å². The predicted octanol–water partition coefficient (Wildman–Crippen LogP) is 3.06. The Morgan fingerprint density at radius 3 is 2.24 bits per heavy atom. The first-order chi connectivity index (χ1) is 10.1. The highest BCUT2D eigenvalue weighted by Crippen LogP contribution is 2.06. The van der Waals surface area contributed by atoms with E-state index in [4.69, 9.17) is 0 Å². The van der Waals surface area contributed by atoms with Gasteiger partial charge in [-0.15, -0.1) is 0 Å². The molecule has 0 aliphatic heterocycles. The van der Waals surface area contributed by atoms with E-state index in [2.05, 4.69) is 30.6 Å². The molecule has 0 radical (unpaired) electrons. The Hall–Kier alpha value is -1.26. The van der Waals surface area contributed by atoms with Crippen molar-refractivity contribution in [3.8, 4) is 0 Å². The van der Waals surface area contributed by atoms with Gasteiger partial charge in [0.25, 0.3) is 0 Å². The molecule has 0 atom stereocenters. The van der Waals surface area contributed by atoms with Crippen LogP contribution in [0.3, 0.4) is 0 Å². The SMILES string of the molecule is CCN(CC)CCCN(CC)CC(=O)c1cccc(F)c1. The van der Waals surface area contributed by atoms with Crippen molar-refractivity contribution < 1.29 is 9.18 Å². The Kier molecular flexibility index (Phi) is 8.16. The van der Waals surface area contributed by atoms with Crippen LogP contribution in [0.15, 0.2) is 24.3 Å². The van der Waals surface area contributed by atoms with Gasteiger partial charge >= 0.3 is 0 Å². The molecule has 1 aromatic carbocycles. The summed E-state index contributed by atoms with van der Waals surface area (Å²) in [6.45, 7) is 11.6. The Balaban J connectivity index is 2.44. The van der Waals surface area contributed by atoms with Gasteiger partial charge in [0.2, 0.25) is 0 Å². The molecule has 3 nitrogen and oxygen atoms in total. The van der Waals surface area contributed by atoms with E-state index < -0.39 is 0 Å². The highest BCUT2D eigenvalue weighted by molar-refractivity contribution is 5.97. The molecule has 0 aliphatic carbocycles. The van der Waals surface area contributed by atoms with Crippen LogP contribution in [0.5, 0.6) is 0 Å². The molecule has 4 heteroatoms. The van der Waals surface area contributed by atoms with Crippen molar-refractivity contribution in [2.45, 2.75) is 27.2 Å². The largest absolute Gasteiger partial charge is 0.304 e. The molecule has 0 saturated carbocycles. The number of rotatable bonds is 10. The molecular weight excluding hydrogens is 267 g/mol. The van der Waals surface area contributed by atoms with Crippen molar-refractivity contribution in [3.05, 3.63) is 35.6 Å². The van der Waals surface area contributed by atoms with Crippen LogP contribution in [-0.2, 0) is 0 Å². The number of carbonyl (C=O) groups is 1. The first kappa shape index (κ1) is 17.8. The van der Waals surface area contributed by atoms with E-state index in [0.717, 1.165) is 39.1 Å². The van der Waals surface area contributed by atoms with Crippen molar-refractivity contribution in [1.82, 2.24) is 9.80 Å². The van der Waals surface area contributed by atoms with E-state index in [1.807, 2.05) is 0 Å². The van der Waals surface area contributed by atoms with E-state index in [0.29, 0.717) is 12.1 Å². The predicted molar refractivity (Wildman–Crippen MR) is 85.2 cm³/mol. The lowest BCUT2D eigenvalue weighted by Gasteiger charge is -2.22. The van der Waals surface area contributed by atoms with Crippen LogP contribution >= 0.6 is 0 Å². The number of likely N-dealkylation sites (N-methyl/N-ethyl adjacent to an activating group) is 1. The lowest BCUT2D eigenvalue weighted by atomic mass is 10.1. The summed E-state index contributed by atoms with van der Waals surface area (Å²) in [6.07, 6.45) is 1.05. The molecule has 0 bridgehead atoms. The molecule has 0 spiro atoms. The number of nitrogens with zero attached hydrogens (tertiary/aromatic N) is 2. The molecule has 0 aromatic heterocycles. The van der Waals surface area contributed by atoms with E-state index in [1.165, 1.54) is 12.1 Å². The summed E-state index contributed by atoms with van der Waals surface area (Å²) in [4.78, 5) is 16.7. The van der Waals surface area contributed by atoms with Crippen molar-refractivity contribution >= 4 is 5.78 Å². The molecule has 0 amide bonds. The summed E-state index contributed by atoms with van der Waals surface area (Å²) >= 11 is 0. The Morgan fingerprint density at radius 2 is 1.67 bits per heavy atom. The number of hydrogen-bond donors (Lipinski definition) is 0. The minimum absolute atomic E-state index is 0.0146. The van der Waals surface area contributed by atoms with E-state index in [-0.39, 0.29) is 11.6 Å². The van der Waals surface area contributed by atoms with Crippen LogP contribution in [0.4, 0.5) is 4.39 Å². The summed E-state index contributed by atoms with van der Waals surface area (Å²) in [5, 5.41) is 0. The van der Waals surface area contributed by atoms with Crippen LogP contribution in [0.2, 0.25) is 0 Å². The third-order valence-electron chi connectivity index (χ3n) is 3.80. The van der Waals surface area contributed by atoms with Gasteiger partial charge in [0.15, 0.2) is 5.78 Å². The minimum Gasteiger partial charge on any atom is -0.304 e. The zero-order valence-corrected chi connectivity index (χ0v) is 13.4. The van der Waals surface area contributed by atoms with Gasteiger partial charge in [0.05, 0.1) is 6.54 Å². The Bertz CT molecular complexity index is 433. The highest BCUT2D eigenvalue weighted by Gasteiger charge is 2.12. The lowest BCUT2D eigenvalue weighted by molar-refractivity contribution is 0.0930. The van der Waals surface area contributed by atoms with Crippen molar-refractivity contribution in [1.29, 1.82) is 0 Å². The van der Waals surface area contributed by atoms with Gasteiger partial charge < -0.3 is 4.90 Å². The monoisotopic (exact) mass is 294 g/mol. The van der Waals surface area contributed by atoms with Crippen molar-refractivity contribution in [2.24, 2.45) is 0 Å². The van der Waals surface area contributed by atoms with Gasteiger partial charge in [-0.05, 0) is 51.3 Å². The topological polar surface area (TPSA) is 23.6 Å². The fraction of sp³-hybridized carbons (Fsp3) is 0.588. The third-order valence-corrected chi connectivity index (χ3v) is 3.80. The Morgan fingerprint density at radius 1 is 1.05 bits per heavy atom. The number of Topliss-reactive ketones (excluding diaryl/α,β-unsaturated/α-hetero) is 1. The van der Waals surface area contributed by atoms with Crippen LogP contribution in [0, 0.1) is 5.82 Å². The van der Waals surface area contributed by atoms with Gasteiger partial charge in [0, 0.05) is 5.56 Å². The van der Waals surface area contributed by atoms with Gasteiger partial charge in [-0.3, -0.25) is 9.69 Å². The number of halogens is 1. The number of benzene rings is 1. The average molecular weight is 294 g/mol. The van der Waals surface area contributed by atoms with Crippen LogP contribution in [0.25, 0.3) is 0 Å². The molecule has 0 saturated heterocycles. The summed E-state index contributed by atoms with van der Waals surface area (Å²) in [5.41, 5.74) is 0.456. The molecule has 1 aromatic rings. The minimum atomic E-state index is -0.356. The maximum absolute atomic E-state index is 13.1. The molecule has 118 valence electrons. The zero-order valence-electron chi connectivity index (χ0n) is 13.4. The van der Waals surface area contributed by atoms with Gasteiger partial charge in [-0.25, -0.2) is 4.39 Å². The average Bonchev–Trinajstić information content (AvgIpc) is 2.50. The van der Waals surface area contributed by atoms with Gasteiger partial charge in [0.1, 0.15) is 5.82 Å². The highest BCUT2D eigenvalue weighted by atomic mass is 19.1. The quantitative estimate of drug-likeness (QED) is 0.620. The van der Waals surface area contributed by atoms with Gasteiger partial charge in [-0.2, -0.15) is 0 Å². The fourth-order valence-electron chi connectivity index (χ4n) is 2.36. The van der Waals surface area contributed by atoms with Gasteiger partial charge in [-0.1, -0.05) is 32.9 Å². The molecule has 1 rings (SSSR count). The van der Waals surface area contributed by atoms with Crippen LogP contribution in [-0.4, -0.2) is 54.9 Å². The second-order valence-corrected chi connectivity index (χ2v) is 5.18. The molecule has 0 heterocycles. The maximum Gasteiger partial charge on any atom is 0.176 e. The van der Waals surface area contributed by atoms with Crippen LogP contribution in [0.1, 0.15) is 37.6 Å². The normalized spacial score (nSPS) is 11.3. The first-order valence-corrected chi connectivity index (χ1v) is 7.84. The lowest BCUT2D eigenvalue weighted by Crippen LogP contribution is -2.33. The fourth-order valence-corrected chi connectivity index (χ4v) is 2.36. The zero-order chi connectivity index (χ0) is 15.7. The van der Waals surface area contributed by atoms with Crippen molar-refractivity contribution in [3.63, 3.8) is 0 Å². The summed E-state index contributed by atoms with van der Waals surface area (Å²) in [7, 11) is 0. The number of carbonyl (C=O) groups excluding carboxylic acids is 1. The molecule has 0 aliphatic rings. The number of hydrogen-bond acceptors (Lipinski definition) is 3. The third kappa shape index (κ3) is 6.36. The molecule has 0 N–H and O–H groups in total. The Labute approximate surface area is 127 Å². The maximum atomic E-state index is 13.1. The summed E-state index contributed by atoms with van der Waals surface area (Å²) < 4.78 is 13.1. The number of ketones is 1. The van der Waals surface area contributed by atoms with E-state index in [1.54, 1.807) is 12.1 Å². The summed E-state index contributed by atoms with van der Waals surface area (Å²) in [5.74, 6) is -0.371. The first-order valence-electron chi connectivity index (χ1n) is 7.84. The molecular formula is C17H27FN2O. The van der Waals surface area contributed by atoms with E-state index in [9.17, 15) is 9.18 Å². The second kappa shape index (κ2) is 9.64. The smallest absolute Gasteiger partial charge is 0.176 e. The molecule has 0 fully saturated rings. The second-order valence-electron chi connectivity index (χ2n) is 5.18. The molecule has 21 heavy (non-hydrogen) atoms.